The summed E-state index contributed by atoms with van der Waals surface area (Å²) in [7, 11) is 0. The number of rotatable bonds is 4. The van der Waals surface area contributed by atoms with E-state index < -0.39 is 0 Å². The van der Waals surface area contributed by atoms with Crippen molar-refractivity contribution in [3.05, 3.63) is 75.3 Å². The van der Waals surface area contributed by atoms with Crippen molar-refractivity contribution in [2.75, 3.05) is 26.2 Å². The number of fused-ring (bicyclic) bond motifs is 2. The van der Waals surface area contributed by atoms with E-state index in [-0.39, 0.29) is 5.56 Å². The zero-order chi connectivity index (χ0) is 19.8. The average Bonchev–Trinajstić information content (AvgIpc) is 3.13. The van der Waals surface area contributed by atoms with Crippen LogP contribution in [0.4, 0.5) is 0 Å². The smallest absolute Gasteiger partial charge is 0.258 e. The molecule has 0 unspecified atom stereocenters. The van der Waals surface area contributed by atoms with E-state index in [1.165, 1.54) is 9.71 Å². The molecular formula is C22H23N5OS. The van der Waals surface area contributed by atoms with Gasteiger partial charge in [0, 0.05) is 45.0 Å². The van der Waals surface area contributed by atoms with Crippen LogP contribution in [0.1, 0.15) is 16.3 Å². The number of benzene rings is 1. The van der Waals surface area contributed by atoms with Crippen molar-refractivity contribution in [2.45, 2.75) is 20.0 Å². The molecule has 148 valence electrons. The summed E-state index contributed by atoms with van der Waals surface area (Å²) in [5, 5.41) is 1.18. The van der Waals surface area contributed by atoms with Crippen molar-refractivity contribution in [2.24, 2.45) is 0 Å². The Balaban J connectivity index is 1.23. The highest BCUT2D eigenvalue weighted by Gasteiger charge is 2.19. The highest BCUT2D eigenvalue weighted by Crippen LogP contribution is 2.23. The molecule has 0 bridgehead atoms. The first-order valence-electron chi connectivity index (χ1n) is 9.93. The molecule has 1 fully saturated rings. The summed E-state index contributed by atoms with van der Waals surface area (Å²) in [4.78, 5) is 26.7. The van der Waals surface area contributed by atoms with E-state index in [4.69, 9.17) is 9.97 Å². The number of piperazine rings is 1. The van der Waals surface area contributed by atoms with Crippen LogP contribution in [0.3, 0.4) is 0 Å². The Morgan fingerprint density at radius 3 is 2.52 bits per heavy atom. The van der Waals surface area contributed by atoms with Gasteiger partial charge in [0.05, 0.1) is 22.5 Å². The lowest BCUT2D eigenvalue weighted by molar-refractivity contribution is 0.121. The molecule has 1 aromatic carbocycles. The van der Waals surface area contributed by atoms with Gasteiger partial charge in [-0.05, 0) is 30.7 Å². The quantitative estimate of drug-likeness (QED) is 0.523. The van der Waals surface area contributed by atoms with Crippen molar-refractivity contribution in [3.8, 4) is 0 Å². The Morgan fingerprint density at radius 1 is 0.966 bits per heavy atom. The van der Waals surface area contributed by atoms with Gasteiger partial charge in [0.25, 0.3) is 5.56 Å². The minimum atomic E-state index is -0.0110. The van der Waals surface area contributed by atoms with Crippen molar-refractivity contribution in [3.63, 3.8) is 0 Å². The van der Waals surface area contributed by atoms with E-state index >= 15 is 0 Å². The summed E-state index contributed by atoms with van der Waals surface area (Å²) in [6, 6.07) is 13.9. The lowest BCUT2D eigenvalue weighted by Crippen LogP contribution is -2.45. The predicted octanol–water partition coefficient (Wildman–Crippen LogP) is 2.93. The van der Waals surface area contributed by atoms with Gasteiger partial charge in [0.2, 0.25) is 0 Å². The van der Waals surface area contributed by atoms with E-state index in [0.717, 1.165) is 61.7 Å². The highest BCUT2D eigenvalue weighted by molar-refractivity contribution is 7.18. The first-order valence-corrected chi connectivity index (χ1v) is 10.7. The molecule has 0 aliphatic carbocycles. The third-order valence-electron chi connectivity index (χ3n) is 5.49. The number of thiazole rings is 1. The second-order valence-electron chi connectivity index (χ2n) is 7.60. The molecule has 1 aliphatic rings. The number of pyridine rings is 1. The minimum absolute atomic E-state index is 0.0110. The maximum absolute atomic E-state index is 12.4. The molecule has 0 amide bonds. The molecule has 1 aliphatic heterocycles. The van der Waals surface area contributed by atoms with Gasteiger partial charge in [0.15, 0.2) is 0 Å². The predicted molar refractivity (Wildman–Crippen MR) is 116 cm³/mol. The summed E-state index contributed by atoms with van der Waals surface area (Å²) < 4.78 is 2.87. The van der Waals surface area contributed by atoms with Gasteiger partial charge >= 0.3 is 0 Å². The van der Waals surface area contributed by atoms with Crippen LogP contribution in [0.5, 0.6) is 0 Å². The van der Waals surface area contributed by atoms with Gasteiger partial charge in [-0.15, -0.1) is 11.3 Å². The first kappa shape index (κ1) is 18.4. The molecule has 1 saturated heterocycles. The summed E-state index contributed by atoms with van der Waals surface area (Å²) >= 11 is 1.78. The molecule has 3 aromatic heterocycles. The zero-order valence-electron chi connectivity index (χ0n) is 16.4. The highest BCUT2D eigenvalue weighted by atomic mass is 32.1. The molecule has 6 nitrogen and oxygen atoms in total. The van der Waals surface area contributed by atoms with Gasteiger partial charge in [-0.2, -0.15) is 0 Å². The monoisotopic (exact) mass is 405 g/mol. The Morgan fingerprint density at radius 2 is 1.72 bits per heavy atom. The van der Waals surface area contributed by atoms with Crippen LogP contribution in [-0.4, -0.2) is 50.3 Å². The van der Waals surface area contributed by atoms with E-state index in [2.05, 4.69) is 28.0 Å². The Bertz CT molecular complexity index is 1190. The van der Waals surface area contributed by atoms with Gasteiger partial charge in [-0.1, -0.05) is 18.2 Å². The van der Waals surface area contributed by atoms with Gasteiger partial charge in [0.1, 0.15) is 10.7 Å². The summed E-state index contributed by atoms with van der Waals surface area (Å²) in [6.07, 6.45) is 1.78. The number of hydrogen-bond donors (Lipinski definition) is 0. The second kappa shape index (κ2) is 7.67. The van der Waals surface area contributed by atoms with Crippen LogP contribution in [0.25, 0.3) is 15.9 Å². The lowest BCUT2D eigenvalue weighted by Gasteiger charge is -2.34. The topological polar surface area (TPSA) is 53.7 Å². The molecule has 29 heavy (non-hydrogen) atoms. The number of hydrogen-bond acceptors (Lipinski definition) is 6. The normalized spacial score (nSPS) is 16.0. The Kier molecular flexibility index (Phi) is 4.87. The fraction of sp³-hybridized carbons (Fsp3) is 0.318. The van der Waals surface area contributed by atoms with E-state index in [1.807, 2.05) is 25.1 Å². The Hall–Kier alpha value is -2.61. The summed E-state index contributed by atoms with van der Waals surface area (Å²) in [6.45, 7) is 7.56. The molecule has 0 spiro atoms. The molecule has 0 radical (unpaired) electrons. The molecule has 0 atom stereocenters. The molecule has 4 aromatic rings. The molecule has 4 heterocycles. The van der Waals surface area contributed by atoms with Crippen LogP contribution in [-0.2, 0) is 13.1 Å². The Labute approximate surface area is 173 Å². The van der Waals surface area contributed by atoms with Crippen molar-refractivity contribution < 1.29 is 0 Å². The summed E-state index contributed by atoms with van der Waals surface area (Å²) in [5.74, 6) is 0. The standard InChI is InChI=1S/C22H23N5OS/c1-16-5-4-8-27-21(28)13-17(23-22(16)27)14-25-9-11-26(12-10-25)15-20-24-18-6-2-3-7-19(18)29-20/h2-8,13H,9-12,14-15H2,1H3. The molecule has 5 rings (SSSR count). The third-order valence-corrected chi connectivity index (χ3v) is 6.51. The lowest BCUT2D eigenvalue weighted by atomic mass is 10.2. The maximum Gasteiger partial charge on any atom is 0.258 e. The van der Waals surface area contributed by atoms with Gasteiger partial charge in [-0.25, -0.2) is 9.97 Å². The minimum Gasteiger partial charge on any atom is -0.295 e. The molecular weight excluding hydrogens is 382 g/mol. The fourth-order valence-electron chi connectivity index (χ4n) is 3.90. The van der Waals surface area contributed by atoms with Crippen LogP contribution in [0, 0.1) is 6.92 Å². The van der Waals surface area contributed by atoms with E-state index in [1.54, 1.807) is 28.0 Å². The van der Waals surface area contributed by atoms with Crippen molar-refractivity contribution >= 4 is 27.2 Å². The second-order valence-corrected chi connectivity index (χ2v) is 8.71. The third kappa shape index (κ3) is 3.81. The molecule has 0 saturated carbocycles. The van der Waals surface area contributed by atoms with Crippen LogP contribution >= 0.6 is 11.3 Å². The first-order chi connectivity index (χ1) is 14.2. The molecule has 7 heteroatoms. The zero-order valence-corrected chi connectivity index (χ0v) is 17.2. The van der Waals surface area contributed by atoms with Gasteiger partial charge < -0.3 is 0 Å². The van der Waals surface area contributed by atoms with Crippen LogP contribution in [0.15, 0.2) is 53.5 Å². The largest absolute Gasteiger partial charge is 0.295 e. The van der Waals surface area contributed by atoms with Gasteiger partial charge in [-0.3, -0.25) is 19.0 Å². The van der Waals surface area contributed by atoms with E-state index in [9.17, 15) is 4.79 Å². The van der Waals surface area contributed by atoms with Crippen LogP contribution in [0.2, 0.25) is 0 Å². The number of para-hydroxylation sites is 1. The SMILES string of the molecule is Cc1cccn2c(=O)cc(CN3CCN(Cc4nc5ccccc5s4)CC3)nc12. The number of aryl methyl sites for hydroxylation is 1. The number of aromatic nitrogens is 3. The van der Waals surface area contributed by atoms with Crippen LogP contribution < -0.4 is 5.56 Å². The van der Waals surface area contributed by atoms with E-state index in [0.29, 0.717) is 0 Å². The van der Waals surface area contributed by atoms with Crippen molar-refractivity contribution in [1.82, 2.24) is 24.2 Å². The number of nitrogens with zero attached hydrogens (tertiary/aromatic N) is 5. The van der Waals surface area contributed by atoms with Crippen molar-refractivity contribution in [1.29, 1.82) is 0 Å². The average molecular weight is 406 g/mol. The fourth-order valence-corrected chi connectivity index (χ4v) is 4.91. The summed E-state index contributed by atoms with van der Waals surface area (Å²) in [5.41, 5.74) is 3.71. The molecule has 0 N–H and O–H groups in total. The maximum atomic E-state index is 12.4.